The summed E-state index contributed by atoms with van der Waals surface area (Å²) in [6, 6.07) is 0.244. The van der Waals surface area contributed by atoms with Crippen LogP contribution < -0.4 is 5.32 Å². The summed E-state index contributed by atoms with van der Waals surface area (Å²) in [6.07, 6.45) is -1.30. The van der Waals surface area contributed by atoms with Gasteiger partial charge in [-0.1, -0.05) is 6.92 Å². The summed E-state index contributed by atoms with van der Waals surface area (Å²) >= 11 is 1.85. The van der Waals surface area contributed by atoms with E-state index in [-0.39, 0.29) is 6.04 Å². The third-order valence-electron chi connectivity index (χ3n) is 2.48. The number of halogens is 2. The molecule has 13 heavy (non-hydrogen) atoms. The number of nitrogens with one attached hydrogen (secondary N) is 1. The van der Waals surface area contributed by atoms with Crippen LogP contribution in [-0.4, -0.2) is 29.0 Å². The molecule has 0 saturated carbocycles. The molecule has 1 heterocycles. The second-order valence-electron chi connectivity index (χ2n) is 4.14. The highest BCUT2D eigenvalue weighted by Gasteiger charge is 2.35. The Kier molecular flexibility index (Phi) is 3.57. The lowest BCUT2D eigenvalue weighted by molar-refractivity contribution is 0.0441. The molecule has 4 heteroatoms. The number of rotatable bonds is 3. The van der Waals surface area contributed by atoms with Crippen LogP contribution in [0.25, 0.3) is 0 Å². The minimum Gasteiger partial charge on any atom is -0.303 e. The van der Waals surface area contributed by atoms with Gasteiger partial charge in [0, 0.05) is 11.3 Å². The van der Waals surface area contributed by atoms with E-state index in [1.165, 1.54) is 0 Å². The van der Waals surface area contributed by atoms with Gasteiger partial charge in [-0.15, -0.1) is 0 Å². The van der Waals surface area contributed by atoms with Crippen molar-refractivity contribution in [1.82, 2.24) is 5.32 Å². The predicted octanol–water partition coefficient (Wildman–Crippen LogP) is 2.51. The third kappa shape index (κ3) is 2.81. The Morgan fingerprint density at radius 3 is 2.46 bits per heavy atom. The second-order valence-corrected chi connectivity index (χ2v) is 5.62. The van der Waals surface area contributed by atoms with Gasteiger partial charge in [-0.05, 0) is 26.0 Å². The smallest absolute Gasteiger partial charge is 0.255 e. The molecule has 0 bridgehead atoms. The Morgan fingerprint density at radius 1 is 1.46 bits per heavy atom. The Morgan fingerprint density at radius 2 is 2.08 bits per heavy atom. The Bertz CT molecular complexity index is 173. The zero-order chi connectivity index (χ0) is 10.1. The quantitative estimate of drug-likeness (QED) is 0.766. The second kappa shape index (κ2) is 4.13. The zero-order valence-electron chi connectivity index (χ0n) is 8.31. The first-order chi connectivity index (χ1) is 5.93. The highest BCUT2D eigenvalue weighted by atomic mass is 32.2. The first-order valence-electron chi connectivity index (χ1n) is 4.61. The molecular formula is C9H17F2NS. The predicted molar refractivity (Wildman–Crippen MR) is 53.5 cm³/mol. The molecule has 1 fully saturated rings. The van der Waals surface area contributed by atoms with Gasteiger partial charge in [0.25, 0.3) is 6.43 Å². The van der Waals surface area contributed by atoms with Crippen LogP contribution in [-0.2, 0) is 0 Å². The minimum absolute atomic E-state index is 0.244. The summed E-state index contributed by atoms with van der Waals surface area (Å²) in [5.74, 6) is 1.08. The molecule has 1 aliphatic heterocycles. The average Bonchev–Trinajstić information content (AvgIpc) is 2.35. The van der Waals surface area contributed by atoms with Crippen LogP contribution in [0.4, 0.5) is 8.78 Å². The molecule has 0 radical (unpaired) electrons. The molecule has 0 aromatic carbocycles. The van der Waals surface area contributed by atoms with E-state index in [4.69, 9.17) is 0 Å². The molecule has 0 aromatic heterocycles. The van der Waals surface area contributed by atoms with E-state index in [2.05, 4.69) is 12.2 Å². The highest BCUT2D eigenvalue weighted by molar-refractivity contribution is 8.00. The monoisotopic (exact) mass is 209 g/mol. The van der Waals surface area contributed by atoms with Crippen LogP contribution in [0, 0.1) is 0 Å². The summed E-state index contributed by atoms with van der Waals surface area (Å²) in [4.78, 5) is 0. The zero-order valence-corrected chi connectivity index (χ0v) is 9.13. The van der Waals surface area contributed by atoms with Crippen molar-refractivity contribution in [3.63, 3.8) is 0 Å². The van der Waals surface area contributed by atoms with Crippen molar-refractivity contribution in [3.8, 4) is 0 Å². The Labute approximate surface area is 82.7 Å². The van der Waals surface area contributed by atoms with Crippen LogP contribution in [0.15, 0.2) is 0 Å². The van der Waals surface area contributed by atoms with Crippen molar-refractivity contribution in [2.75, 3.05) is 5.75 Å². The molecular weight excluding hydrogens is 192 g/mol. The van der Waals surface area contributed by atoms with Gasteiger partial charge in [-0.25, -0.2) is 8.78 Å². The van der Waals surface area contributed by atoms with Gasteiger partial charge >= 0.3 is 0 Å². The van der Waals surface area contributed by atoms with Crippen molar-refractivity contribution in [2.45, 2.75) is 50.4 Å². The molecule has 1 nitrogen and oxygen atoms in total. The van der Waals surface area contributed by atoms with Crippen LogP contribution in [0.1, 0.15) is 27.2 Å². The summed E-state index contributed by atoms with van der Waals surface area (Å²) in [7, 11) is 0. The van der Waals surface area contributed by atoms with E-state index in [0.29, 0.717) is 5.25 Å². The number of hydrogen-bond donors (Lipinski definition) is 1. The molecule has 1 saturated heterocycles. The summed E-state index contributed by atoms with van der Waals surface area (Å²) in [5.41, 5.74) is -1.05. The van der Waals surface area contributed by atoms with Gasteiger partial charge < -0.3 is 5.32 Å². The van der Waals surface area contributed by atoms with Crippen LogP contribution in [0.3, 0.4) is 0 Å². The third-order valence-corrected chi connectivity index (χ3v) is 3.80. The first kappa shape index (κ1) is 11.2. The molecule has 0 spiro atoms. The van der Waals surface area contributed by atoms with Gasteiger partial charge in [0.05, 0.1) is 5.54 Å². The normalized spacial score (nSPS) is 30.0. The fourth-order valence-corrected chi connectivity index (χ4v) is 2.66. The SMILES string of the molecule is CC1SCCC1NC(C)(C)C(F)F. The number of thioether (sulfide) groups is 1. The lowest BCUT2D eigenvalue weighted by atomic mass is 10.0. The number of hydrogen-bond acceptors (Lipinski definition) is 2. The largest absolute Gasteiger partial charge is 0.303 e. The van der Waals surface area contributed by atoms with Gasteiger partial charge in [0.15, 0.2) is 0 Å². The topological polar surface area (TPSA) is 12.0 Å². The van der Waals surface area contributed by atoms with E-state index < -0.39 is 12.0 Å². The molecule has 0 aromatic rings. The highest BCUT2D eigenvalue weighted by Crippen LogP contribution is 2.28. The summed E-state index contributed by atoms with van der Waals surface area (Å²) < 4.78 is 25.0. The molecule has 0 aliphatic carbocycles. The van der Waals surface area contributed by atoms with E-state index in [1.54, 1.807) is 13.8 Å². The molecule has 1 rings (SSSR count). The van der Waals surface area contributed by atoms with Gasteiger partial charge in [-0.2, -0.15) is 11.8 Å². The molecule has 2 unspecified atom stereocenters. The summed E-state index contributed by atoms with van der Waals surface area (Å²) in [5, 5.41) is 3.49. The maximum Gasteiger partial charge on any atom is 0.255 e. The molecule has 78 valence electrons. The average molecular weight is 209 g/mol. The Hall–Kier alpha value is 0.170. The molecule has 2 atom stereocenters. The maximum atomic E-state index is 12.5. The lowest BCUT2D eigenvalue weighted by Gasteiger charge is -2.30. The van der Waals surface area contributed by atoms with Crippen molar-refractivity contribution in [2.24, 2.45) is 0 Å². The van der Waals surface area contributed by atoms with Crippen LogP contribution in [0.5, 0.6) is 0 Å². The van der Waals surface area contributed by atoms with E-state index in [1.807, 2.05) is 11.8 Å². The number of alkyl halides is 2. The summed E-state index contributed by atoms with van der Waals surface area (Å²) in [6.45, 7) is 5.22. The van der Waals surface area contributed by atoms with Crippen molar-refractivity contribution >= 4 is 11.8 Å². The maximum absolute atomic E-state index is 12.5. The van der Waals surface area contributed by atoms with E-state index in [9.17, 15) is 8.78 Å². The van der Waals surface area contributed by atoms with Crippen LogP contribution >= 0.6 is 11.8 Å². The molecule has 1 aliphatic rings. The van der Waals surface area contributed by atoms with Crippen molar-refractivity contribution < 1.29 is 8.78 Å². The lowest BCUT2D eigenvalue weighted by Crippen LogP contribution is -2.52. The van der Waals surface area contributed by atoms with Crippen LogP contribution in [0.2, 0.25) is 0 Å². The molecule has 1 N–H and O–H groups in total. The fraction of sp³-hybridized carbons (Fsp3) is 1.00. The first-order valence-corrected chi connectivity index (χ1v) is 5.66. The van der Waals surface area contributed by atoms with Gasteiger partial charge in [0.2, 0.25) is 0 Å². The standard InChI is InChI=1S/C9H17F2NS/c1-6-7(4-5-13-6)12-9(2,3)8(10)11/h6-8,12H,4-5H2,1-3H3. The van der Waals surface area contributed by atoms with Gasteiger partial charge in [0.1, 0.15) is 0 Å². The minimum atomic E-state index is -2.30. The molecule has 0 amide bonds. The van der Waals surface area contributed by atoms with Crippen molar-refractivity contribution in [1.29, 1.82) is 0 Å². The van der Waals surface area contributed by atoms with E-state index in [0.717, 1.165) is 12.2 Å². The Balaban J connectivity index is 2.47. The van der Waals surface area contributed by atoms with Crippen molar-refractivity contribution in [3.05, 3.63) is 0 Å². The van der Waals surface area contributed by atoms with Gasteiger partial charge in [-0.3, -0.25) is 0 Å². The van der Waals surface area contributed by atoms with E-state index >= 15 is 0 Å². The fourth-order valence-electron chi connectivity index (χ4n) is 1.46.